The first-order chi connectivity index (χ1) is 19.1. The summed E-state index contributed by atoms with van der Waals surface area (Å²) in [4.78, 5) is 17.3. The van der Waals surface area contributed by atoms with E-state index in [0.29, 0.717) is 0 Å². The van der Waals surface area contributed by atoms with Crippen molar-refractivity contribution in [1.82, 2.24) is 15.0 Å². The number of hydrogen-bond donors (Lipinski definition) is 3. The van der Waals surface area contributed by atoms with Crippen molar-refractivity contribution in [2.45, 2.75) is 6.92 Å². The molecule has 186 valence electrons. The number of quaternary nitrogens is 1. The first-order valence-corrected chi connectivity index (χ1v) is 13.7. The van der Waals surface area contributed by atoms with E-state index in [1.807, 2.05) is 6.21 Å². The molecule has 5 nitrogen and oxygen atoms in total. The third-order valence-electron chi connectivity index (χ3n) is 7.70. The maximum absolute atomic E-state index is 5.21. The molecule has 39 heavy (non-hydrogen) atoms. The SMILES string of the molecule is Cc1[nH]c2ccccc2c1-c1nc2c3cc(N=CC4=C[NH2+]c5ccc(Br)cc54)ccc3c3ccccc3c2[nH]1. The van der Waals surface area contributed by atoms with Crippen LogP contribution in [0.25, 0.3) is 60.4 Å². The van der Waals surface area contributed by atoms with Crippen molar-refractivity contribution in [2.24, 2.45) is 4.99 Å². The molecule has 0 bridgehead atoms. The van der Waals surface area contributed by atoms with Crippen molar-refractivity contribution in [3.8, 4) is 11.4 Å². The Kier molecular flexibility index (Phi) is 4.89. The van der Waals surface area contributed by atoms with Crippen LogP contribution in [-0.4, -0.2) is 21.2 Å². The van der Waals surface area contributed by atoms with Crippen molar-refractivity contribution in [1.29, 1.82) is 0 Å². The third kappa shape index (κ3) is 3.49. The topological polar surface area (TPSA) is 73.4 Å². The van der Waals surface area contributed by atoms with Gasteiger partial charge in [-0.3, -0.25) is 10.3 Å². The van der Waals surface area contributed by atoms with Crippen LogP contribution in [0.1, 0.15) is 11.3 Å². The van der Waals surface area contributed by atoms with Gasteiger partial charge in [0.05, 0.1) is 27.9 Å². The molecule has 4 N–H and O–H groups in total. The molecule has 0 saturated carbocycles. The van der Waals surface area contributed by atoms with Crippen molar-refractivity contribution < 1.29 is 5.32 Å². The van der Waals surface area contributed by atoms with Crippen LogP contribution in [0, 0.1) is 6.92 Å². The highest BCUT2D eigenvalue weighted by Crippen LogP contribution is 2.39. The smallest absolute Gasteiger partial charge is 0.142 e. The van der Waals surface area contributed by atoms with Crippen LogP contribution in [0.4, 0.5) is 11.4 Å². The average molecular weight is 569 g/mol. The molecule has 1 aliphatic rings. The molecule has 7 aromatic rings. The largest absolute Gasteiger partial charge is 0.358 e. The quantitative estimate of drug-likeness (QED) is 0.113. The maximum atomic E-state index is 5.21. The Morgan fingerprint density at radius 3 is 2.51 bits per heavy atom. The molecule has 0 fully saturated rings. The lowest BCUT2D eigenvalue weighted by atomic mass is 9.99. The zero-order valence-electron chi connectivity index (χ0n) is 21.1. The van der Waals surface area contributed by atoms with Crippen molar-refractivity contribution in [3.63, 3.8) is 0 Å². The fraction of sp³-hybridized carbons (Fsp3) is 0.0303. The Balaban J connectivity index is 1.32. The second kappa shape index (κ2) is 8.50. The van der Waals surface area contributed by atoms with Crippen LogP contribution >= 0.6 is 15.9 Å². The van der Waals surface area contributed by atoms with E-state index in [1.54, 1.807) is 0 Å². The number of fused-ring (bicyclic) bond motifs is 8. The molecule has 6 heteroatoms. The van der Waals surface area contributed by atoms with E-state index in [2.05, 4.69) is 129 Å². The Morgan fingerprint density at radius 2 is 1.62 bits per heavy atom. The number of hydrogen-bond acceptors (Lipinski definition) is 2. The molecular formula is C33H23BrN5+. The number of para-hydroxylation sites is 1. The summed E-state index contributed by atoms with van der Waals surface area (Å²) in [5.74, 6) is 0.875. The summed E-state index contributed by atoms with van der Waals surface area (Å²) >= 11 is 3.59. The first-order valence-electron chi connectivity index (χ1n) is 12.9. The van der Waals surface area contributed by atoms with Crippen LogP contribution in [0.15, 0.2) is 101 Å². The van der Waals surface area contributed by atoms with E-state index < -0.39 is 0 Å². The summed E-state index contributed by atoms with van der Waals surface area (Å²) in [6.07, 6.45) is 4.08. The zero-order chi connectivity index (χ0) is 26.1. The van der Waals surface area contributed by atoms with E-state index in [4.69, 9.17) is 9.98 Å². The van der Waals surface area contributed by atoms with Gasteiger partial charge in [0, 0.05) is 49.7 Å². The fourth-order valence-electron chi connectivity index (χ4n) is 5.89. The zero-order valence-corrected chi connectivity index (χ0v) is 22.7. The highest BCUT2D eigenvalue weighted by molar-refractivity contribution is 9.10. The predicted octanol–water partition coefficient (Wildman–Crippen LogP) is 8.04. The molecule has 0 amide bonds. The molecule has 1 aliphatic heterocycles. The number of aryl methyl sites for hydroxylation is 1. The Hall–Kier alpha value is -4.52. The van der Waals surface area contributed by atoms with E-state index in [9.17, 15) is 0 Å². The second-order valence-electron chi connectivity index (χ2n) is 10.0. The third-order valence-corrected chi connectivity index (χ3v) is 8.19. The molecule has 0 unspecified atom stereocenters. The van der Waals surface area contributed by atoms with Crippen LogP contribution in [0.5, 0.6) is 0 Å². The van der Waals surface area contributed by atoms with Gasteiger partial charge in [0.15, 0.2) is 0 Å². The molecule has 0 atom stereocenters. The van der Waals surface area contributed by atoms with Gasteiger partial charge in [-0.25, -0.2) is 4.98 Å². The number of halogens is 1. The molecule has 8 rings (SSSR count). The van der Waals surface area contributed by atoms with Crippen LogP contribution in [0.2, 0.25) is 0 Å². The fourth-order valence-corrected chi connectivity index (χ4v) is 6.25. The van der Waals surface area contributed by atoms with Gasteiger partial charge in [0.2, 0.25) is 0 Å². The molecule has 5 aromatic carbocycles. The minimum atomic E-state index is 0.875. The van der Waals surface area contributed by atoms with Gasteiger partial charge in [-0.15, -0.1) is 0 Å². The van der Waals surface area contributed by atoms with Gasteiger partial charge >= 0.3 is 0 Å². The van der Waals surface area contributed by atoms with Gasteiger partial charge in [-0.1, -0.05) is 64.5 Å². The Morgan fingerprint density at radius 1 is 0.821 bits per heavy atom. The summed E-state index contributed by atoms with van der Waals surface area (Å²) in [5.41, 5.74) is 9.74. The van der Waals surface area contributed by atoms with Crippen LogP contribution in [0.3, 0.4) is 0 Å². The lowest BCUT2D eigenvalue weighted by Gasteiger charge is -2.07. The summed E-state index contributed by atoms with van der Waals surface area (Å²) in [6, 6.07) is 29.7. The summed E-state index contributed by atoms with van der Waals surface area (Å²) in [7, 11) is 0. The molecule has 3 heterocycles. The highest BCUT2D eigenvalue weighted by Gasteiger charge is 2.19. The monoisotopic (exact) mass is 568 g/mol. The number of benzene rings is 5. The number of H-pyrrole nitrogens is 2. The van der Waals surface area contributed by atoms with E-state index in [-0.39, 0.29) is 0 Å². The van der Waals surface area contributed by atoms with Crippen molar-refractivity contribution in [3.05, 3.63) is 107 Å². The summed E-state index contributed by atoms with van der Waals surface area (Å²) in [5, 5.41) is 7.94. The molecule has 2 aromatic heterocycles. The number of aromatic amines is 2. The number of allylic oxidation sites excluding steroid dienone is 1. The van der Waals surface area contributed by atoms with Crippen LogP contribution in [-0.2, 0) is 0 Å². The van der Waals surface area contributed by atoms with Crippen molar-refractivity contribution in [2.75, 3.05) is 0 Å². The Labute approximate surface area is 232 Å². The first kappa shape index (κ1) is 22.5. The Bertz CT molecular complexity index is 2180. The number of aliphatic imine (C=N–C) groups is 1. The number of aromatic nitrogens is 3. The minimum absolute atomic E-state index is 0.875. The number of nitrogens with one attached hydrogen (secondary N) is 2. The highest BCUT2D eigenvalue weighted by atomic mass is 79.9. The molecular weight excluding hydrogens is 546 g/mol. The lowest BCUT2D eigenvalue weighted by Crippen LogP contribution is -2.69. The summed E-state index contributed by atoms with van der Waals surface area (Å²) in [6.45, 7) is 2.11. The van der Waals surface area contributed by atoms with Crippen LogP contribution < -0.4 is 5.32 Å². The standard InChI is InChI=1S/C33H22BrN5/c1-18-30(25-8-4-5-9-29(25)37-18)33-38-31-24-7-3-2-6-22(24)23-12-11-21(15-27(23)32(31)39-33)35-16-19-17-36-28-13-10-20(34)14-26(19)28/h2-17,36-37H,1H3,(H,38,39)/p+1. The number of imidazole rings is 1. The van der Waals surface area contributed by atoms with E-state index in [1.165, 1.54) is 32.8 Å². The lowest BCUT2D eigenvalue weighted by molar-refractivity contribution is -0.491. The van der Waals surface area contributed by atoms with Gasteiger partial charge in [-0.2, -0.15) is 0 Å². The maximum Gasteiger partial charge on any atom is 0.142 e. The molecule has 0 aliphatic carbocycles. The minimum Gasteiger partial charge on any atom is -0.358 e. The van der Waals surface area contributed by atoms with E-state index in [0.717, 1.165) is 54.8 Å². The van der Waals surface area contributed by atoms with Gasteiger partial charge in [0.25, 0.3) is 0 Å². The van der Waals surface area contributed by atoms with E-state index >= 15 is 0 Å². The molecule has 0 spiro atoms. The normalized spacial score (nSPS) is 13.3. The van der Waals surface area contributed by atoms with Gasteiger partial charge in [0.1, 0.15) is 17.7 Å². The summed E-state index contributed by atoms with van der Waals surface area (Å²) < 4.78 is 1.07. The van der Waals surface area contributed by atoms with Gasteiger partial charge < -0.3 is 9.97 Å². The second-order valence-corrected chi connectivity index (χ2v) is 10.9. The molecule has 0 saturated heterocycles. The van der Waals surface area contributed by atoms with Crippen molar-refractivity contribution >= 4 is 82.6 Å². The average Bonchev–Trinajstić information content (AvgIpc) is 3.66. The number of nitrogens with zero attached hydrogens (tertiary/aromatic N) is 2. The number of nitrogens with two attached hydrogens (primary N) is 1. The molecule has 0 radical (unpaired) electrons. The number of rotatable bonds is 3. The predicted molar refractivity (Wildman–Crippen MR) is 165 cm³/mol. The van der Waals surface area contributed by atoms with Gasteiger partial charge in [-0.05, 0) is 48.0 Å².